The Bertz CT molecular complexity index is 439. The van der Waals surface area contributed by atoms with Crippen molar-refractivity contribution in [2.24, 2.45) is 0 Å². The van der Waals surface area contributed by atoms with Crippen LogP contribution < -0.4 is 5.73 Å². The number of thioether (sulfide) groups is 1. The number of aromatic amines is 1. The third-order valence-corrected chi connectivity index (χ3v) is 2.44. The number of anilines is 1. The van der Waals surface area contributed by atoms with Gasteiger partial charge in [0.2, 0.25) is 0 Å². The first-order valence-corrected chi connectivity index (χ1v) is 5.19. The number of rotatable bonds is 2. The number of hydrogen-bond acceptors (Lipinski definition) is 5. The van der Waals surface area contributed by atoms with E-state index < -0.39 is 0 Å². The molecule has 0 radical (unpaired) electrons. The maximum Gasteiger partial charge on any atom is 0.128 e. The molecule has 5 nitrogen and oxygen atoms in total. The number of nitrogen functional groups attached to an aromatic ring is 1. The summed E-state index contributed by atoms with van der Waals surface area (Å²) in [5, 5.41) is 7.41. The fourth-order valence-electron chi connectivity index (χ4n) is 1.10. The van der Waals surface area contributed by atoms with Gasteiger partial charge in [-0.25, -0.2) is 9.97 Å². The summed E-state index contributed by atoms with van der Waals surface area (Å²) in [5.74, 6) is 0.524. The Balaban J connectivity index is 2.47. The van der Waals surface area contributed by atoms with Crippen molar-refractivity contribution in [2.45, 2.75) is 5.03 Å². The molecule has 0 aliphatic heterocycles. The molecule has 0 aliphatic carbocycles. The molecule has 0 amide bonds. The van der Waals surface area contributed by atoms with E-state index in [1.165, 1.54) is 6.33 Å². The van der Waals surface area contributed by atoms with E-state index >= 15 is 0 Å². The highest BCUT2D eigenvalue weighted by atomic mass is 32.2. The largest absolute Gasteiger partial charge is 0.384 e. The van der Waals surface area contributed by atoms with E-state index in [9.17, 15) is 0 Å². The summed E-state index contributed by atoms with van der Waals surface area (Å²) < 4.78 is 0. The van der Waals surface area contributed by atoms with Gasteiger partial charge in [0.15, 0.2) is 0 Å². The zero-order valence-corrected chi connectivity index (χ0v) is 8.38. The highest BCUT2D eigenvalue weighted by Gasteiger charge is 2.06. The Kier molecular flexibility index (Phi) is 2.36. The number of nitrogens with two attached hydrogens (primary N) is 1. The molecule has 72 valence electrons. The van der Waals surface area contributed by atoms with Gasteiger partial charge in [-0.1, -0.05) is 0 Å². The van der Waals surface area contributed by atoms with Gasteiger partial charge >= 0.3 is 0 Å². The Morgan fingerprint density at radius 1 is 1.43 bits per heavy atom. The van der Waals surface area contributed by atoms with Crippen LogP contribution >= 0.6 is 11.8 Å². The summed E-state index contributed by atoms with van der Waals surface area (Å²) in [6.07, 6.45) is 5.14. The molecule has 0 aromatic carbocycles. The maximum atomic E-state index is 5.68. The number of nitrogens with zero attached hydrogens (tertiary/aromatic N) is 3. The molecular formula is C8H9N5S. The van der Waals surface area contributed by atoms with Crippen LogP contribution in [0.15, 0.2) is 23.6 Å². The summed E-state index contributed by atoms with van der Waals surface area (Å²) in [4.78, 5) is 8.20. The monoisotopic (exact) mass is 207 g/mol. The van der Waals surface area contributed by atoms with Gasteiger partial charge in [0.1, 0.15) is 12.1 Å². The van der Waals surface area contributed by atoms with Crippen LogP contribution in [0.25, 0.3) is 11.3 Å². The Hall–Kier alpha value is -1.56. The van der Waals surface area contributed by atoms with E-state index in [1.54, 1.807) is 18.0 Å². The average molecular weight is 207 g/mol. The first kappa shape index (κ1) is 9.01. The molecule has 0 aliphatic rings. The van der Waals surface area contributed by atoms with Crippen molar-refractivity contribution in [2.75, 3.05) is 12.0 Å². The molecule has 2 rings (SSSR count). The molecule has 2 aromatic heterocycles. The molecule has 14 heavy (non-hydrogen) atoms. The first-order chi connectivity index (χ1) is 6.81. The minimum absolute atomic E-state index is 0.524. The zero-order chi connectivity index (χ0) is 9.97. The van der Waals surface area contributed by atoms with E-state index in [-0.39, 0.29) is 0 Å². The molecule has 2 heterocycles. The zero-order valence-electron chi connectivity index (χ0n) is 7.56. The number of H-pyrrole nitrogens is 1. The lowest BCUT2D eigenvalue weighted by atomic mass is 10.2. The molecule has 0 spiro atoms. The highest BCUT2D eigenvalue weighted by Crippen LogP contribution is 2.23. The van der Waals surface area contributed by atoms with Crippen molar-refractivity contribution in [1.29, 1.82) is 0 Å². The van der Waals surface area contributed by atoms with E-state index in [4.69, 9.17) is 5.73 Å². The summed E-state index contributed by atoms with van der Waals surface area (Å²) >= 11 is 1.56. The molecule has 3 N–H and O–H groups in total. The lowest BCUT2D eigenvalue weighted by molar-refractivity contribution is 1.06. The fourth-order valence-corrected chi connectivity index (χ4v) is 1.48. The van der Waals surface area contributed by atoms with Crippen molar-refractivity contribution in [3.63, 3.8) is 0 Å². The van der Waals surface area contributed by atoms with Gasteiger partial charge in [-0.15, -0.1) is 11.8 Å². The predicted molar refractivity (Wildman–Crippen MR) is 55.8 cm³/mol. The van der Waals surface area contributed by atoms with Crippen molar-refractivity contribution < 1.29 is 0 Å². The Labute approximate surface area is 85.2 Å². The normalized spacial score (nSPS) is 10.4. The quantitative estimate of drug-likeness (QED) is 0.570. The van der Waals surface area contributed by atoms with Crippen LogP contribution in [0, 0.1) is 0 Å². The number of nitrogens with one attached hydrogen (secondary N) is 1. The molecule has 0 saturated heterocycles. The van der Waals surface area contributed by atoms with Crippen molar-refractivity contribution >= 4 is 17.6 Å². The molecule has 6 heteroatoms. The van der Waals surface area contributed by atoms with Gasteiger partial charge in [0, 0.05) is 0 Å². The van der Waals surface area contributed by atoms with Crippen LogP contribution in [0.5, 0.6) is 0 Å². The average Bonchev–Trinajstić information content (AvgIpc) is 2.65. The Morgan fingerprint density at radius 3 is 2.93 bits per heavy atom. The van der Waals surface area contributed by atoms with E-state index in [2.05, 4.69) is 20.2 Å². The van der Waals surface area contributed by atoms with Gasteiger partial charge in [-0.3, -0.25) is 5.10 Å². The molecule has 0 bridgehead atoms. The standard InChI is InChI=1S/C8H9N5S/c1-14-7-2-6(10-4-11-7)5-3-12-13-8(5)9/h2-4H,1H3,(H3,9,12,13). The predicted octanol–water partition coefficient (Wildman–Crippen LogP) is 1.17. The summed E-state index contributed by atoms with van der Waals surface area (Å²) in [6.45, 7) is 0. The first-order valence-electron chi connectivity index (χ1n) is 3.96. The van der Waals surface area contributed by atoms with Crippen molar-refractivity contribution in [3.05, 3.63) is 18.6 Å². The van der Waals surface area contributed by atoms with Gasteiger partial charge in [-0.05, 0) is 12.3 Å². The second-order valence-corrected chi connectivity index (χ2v) is 3.47. The van der Waals surface area contributed by atoms with Crippen molar-refractivity contribution in [1.82, 2.24) is 20.2 Å². The van der Waals surface area contributed by atoms with Gasteiger partial charge in [-0.2, -0.15) is 5.10 Å². The van der Waals surface area contributed by atoms with Crippen LogP contribution in [0.1, 0.15) is 0 Å². The molecule has 0 fully saturated rings. The third-order valence-electron chi connectivity index (χ3n) is 1.80. The second kappa shape index (κ2) is 3.67. The minimum Gasteiger partial charge on any atom is -0.384 e. The fraction of sp³-hybridized carbons (Fsp3) is 0.125. The molecule has 2 aromatic rings. The van der Waals surface area contributed by atoms with Crippen molar-refractivity contribution in [3.8, 4) is 11.3 Å². The summed E-state index contributed by atoms with van der Waals surface area (Å²) in [7, 11) is 0. The molecule has 0 atom stereocenters. The maximum absolute atomic E-state index is 5.68. The van der Waals surface area contributed by atoms with Gasteiger partial charge in [0.25, 0.3) is 0 Å². The van der Waals surface area contributed by atoms with Crippen LogP contribution in [-0.4, -0.2) is 26.4 Å². The number of aromatic nitrogens is 4. The van der Waals surface area contributed by atoms with E-state index in [1.807, 2.05) is 12.3 Å². The van der Waals surface area contributed by atoms with E-state index in [0.717, 1.165) is 16.3 Å². The summed E-state index contributed by atoms with van der Waals surface area (Å²) in [5.41, 5.74) is 7.27. The Morgan fingerprint density at radius 2 is 2.29 bits per heavy atom. The third kappa shape index (κ3) is 1.56. The molecular weight excluding hydrogens is 198 g/mol. The van der Waals surface area contributed by atoms with Gasteiger partial charge in [0.05, 0.1) is 22.5 Å². The SMILES string of the molecule is CSc1cc(-c2cn[nH]c2N)ncn1. The molecule has 0 unspecified atom stereocenters. The second-order valence-electron chi connectivity index (χ2n) is 2.64. The topological polar surface area (TPSA) is 80.5 Å². The van der Waals surface area contributed by atoms with Crippen LogP contribution in [0.2, 0.25) is 0 Å². The smallest absolute Gasteiger partial charge is 0.128 e. The highest BCUT2D eigenvalue weighted by molar-refractivity contribution is 7.98. The van der Waals surface area contributed by atoms with Gasteiger partial charge < -0.3 is 5.73 Å². The van der Waals surface area contributed by atoms with Crippen LogP contribution in [0.4, 0.5) is 5.82 Å². The lowest BCUT2D eigenvalue weighted by Crippen LogP contribution is -1.91. The van der Waals surface area contributed by atoms with Crippen LogP contribution in [0.3, 0.4) is 0 Å². The van der Waals surface area contributed by atoms with Crippen LogP contribution in [-0.2, 0) is 0 Å². The lowest BCUT2D eigenvalue weighted by Gasteiger charge is -1.99. The molecule has 0 saturated carbocycles. The summed E-state index contributed by atoms with van der Waals surface area (Å²) in [6, 6.07) is 1.88. The van der Waals surface area contributed by atoms with E-state index in [0.29, 0.717) is 5.82 Å². The number of hydrogen-bond donors (Lipinski definition) is 2. The minimum atomic E-state index is 0.524.